The monoisotopic (exact) mass is 519 g/mol. The van der Waals surface area contributed by atoms with Gasteiger partial charge in [-0.15, -0.1) is 24.0 Å². The van der Waals surface area contributed by atoms with Crippen LogP contribution in [0.5, 0.6) is 5.75 Å². The molecule has 0 saturated carbocycles. The minimum absolute atomic E-state index is 0.238. The van der Waals surface area contributed by atoms with Gasteiger partial charge in [-0.2, -0.15) is 0 Å². The Hall–Kier alpha value is -2.69. The molecule has 0 atom stereocenters. The van der Waals surface area contributed by atoms with E-state index in [4.69, 9.17) is 19.2 Å². The van der Waals surface area contributed by atoms with Gasteiger partial charge in [0.25, 0.3) is 0 Å². The van der Waals surface area contributed by atoms with Crippen molar-refractivity contribution in [3.05, 3.63) is 56.6 Å². The molecule has 1 aliphatic rings. The normalized spacial score (nSPS) is 14.2. The third kappa shape index (κ3) is 6.71. The van der Waals surface area contributed by atoms with Gasteiger partial charge >= 0.3 is 6.09 Å². The number of rotatable bonds is 8. The van der Waals surface area contributed by atoms with E-state index in [0.29, 0.717) is 58.6 Å². The Morgan fingerprint density at radius 3 is 2.71 bits per heavy atom. The molecule has 1 aromatic carbocycles. The van der Waals surface area contributed by atoms with Gasteiger partial charge < -0.3 is 19.1 Å². The van der Waals surface area contributed by atoms with Crippen molar-refractivity contribution in [2.75, 3.05) is 26.9 Å². The summed E-state index contributed by atoms with van der Waals surface area (Å²) in [5.74, 6) is -0.129. The highest BCUT2D eigenvalue weighted by molar-refractivity contribution is 7.85. The molecule has 1 aliphatic heterocycles. The van der Waals surface area contributed by atoms with Crippen LogP contribution in [0.4, 0.5) is 9.18 Å². The molecule has 0 fully saturated rings. The van der Waals surface area contributed by atoms with E-state index in [-0.39, 0.29) is 12.7 Å². The fourth-order valence-corrected chi connectivity index (χ4v) is 4.87. The molecule has 35 heavy (non-hydrogen) atoms. The highest BCUT2D eigenvalue weighted by Gasteiger charge is 2.29. The van der Waals surface area contributed by atoms with Crippen LogP contribution in [0.15, 0.2) is 34.7 Å². The maximum atomic E-state index is 14.0. The van der Waals surface area contributed by atoms with Crippen LogP contribution in [0.1, 0.15) is 41.9 Å². The molecule has 0 spiro atoms. The van der Waals surface area contributed by atoms with Crippen LogP contribution in [0.3, 0.4) is 0 Å². The lowest BCUT2D eigenvalue weighted by molar-refractivity contribution is 0.0225. The second-order valence-electron chi connectivity index (χ2n) is 8.85. The number of ether oxygens (including phenoxy) is 3. The van der Waals surface area contributed by atoms with Crippen LogP contribution >= 0.6 is 24.0 Å². The van der Waals surface area contributed by atoms with Crippen LogP contribution in [0, 0.1) is 5.82 Å². The Kier molecular flexibility index (Phi) is 8.74. The summed E-state index contributed by atoms with van der Waals surface area (Å²) < 4.78 is 30.4. The zero-order valence-corrected chi connectivity index (χ0v) is 22.1. The lowest BCUT2D eigenvalue weighted by Gasteiger charge is -2.29. The van der Waals surface area contributed by atoms with Gasteiger partial charge in [0, 0.05) is 47.1 Å². The van der Waals surface area contributed by atoms with Crippen molar-refractivity contribution in [1.29, 1.82) is 0 Å². The number of nitrogens with zero attached hydrogens (tertiary/aromatic N) is 3. The van der Waals surface area contributed by atoms with Crippen molar-refractivity contribution in [2.24, 2.45) is 4.99 Å². The molecule has 0 saturated heterocycles. The van der Waals surface area contributed by atoms with Crippen molar-refractivity contribution < 1.29 is 23.4 Å². The van der Waals surface area contributed by atoms with Gasteiger partial charge in [-0.25, -0.2) is 14.2 Å². The highest BCUT2D eigenvalue weighted by Crippen LogP contribution is 2.41. The fraction of sp³-hybridized carbons (Fsp3) is 0.400. The molecule has 0 aliphatic carbocycles. The van der Waals surface area contributed by atoms with Gasteiger partial charge in [0.15, 0.2) is 0 Å². The molecule has 2 aromatic rings. The van der Waals surface area contributed by atoms with E-state index in [1.165, 1.54) is 23.5 Å². The van der Waals surface area contributed by atoms with E-state index < -0.39 is 11.4 Å². The Labute approximate surface area is 214 Å². The number of hydrogen-bond donors (Lipinski definition) is 1. The Balaban J connectivity index is 2.00. The van der Waals surface area contributed by atoms with E-state index in [2.05, 4.69) is 30.9 Å². The first-order valence-electron chi connectivity index (χ1n) is 11.0. The summed E-state index contributed by atoms with van der Waals surface area (Å²) in [6, 6.07) is 4.23. The summed E-state index contributed by atoms with van der Waals surface area (Å²) in [4.78, 5) is 24.6. The first kappa shape index (κ1) is 26.9. The number of halogens is 1. The number of thiazole rings is 1. The zero-order chi connectivity index (χ0) is 25.8. The van der Waals surface area contributed by atoms with E-state index in [1.807, 2.05) is 20.8 Å². The molecule has 0 bridgehead atoms. The van der Waals surface area contributed by atoms with Crippen molar-refractivity contribution >= 4 is 48.0 Å². The average molecular weight is 520 g/mol. The lowest BCUT2D eigenvalue weighted by Crippen LogP contribution is -2.39. The Bertz CT molecular complexity index is 1150. The number of thiol groups is 1. The maximum absolute atomic E-state index is 14.0. The number of aromatic nitrogens is 1. The summed E-state index contributed by atoms with van der Waals surface area (Å²) in [5.41, 5.74) is 1.88. The fourth-order valence-electron chi connectivity index (χ4n) is 3.51. The molecule has 0 radical (unpaired) electrons. The first-order valence-corrected chi connectivity index (χ1v) is 12.3. The van der Waals surface area contributed by atoms with Crippen molar-refractivity contribution in [1.82, 2.24) is 9.88 Å². The standard InChI is InChI=1S/C25H30FN3O4S2/c1-15(34)21(17-8-7-16(26)13-19(17)32-12-11-31-6)22(27-5)23-28-18-9-10-29(14-20(18)35-23)24(30)33-25(2,3)4/h7-8,13,34H,1,5,9-12,14H2,2-4,6H3/b22-21+. The van der Waals surface area contributed by atoms with Gasteiger partial charge in [-0.05, 0) is 39.6 Å². The summed E-state index contributed by atoms with van der Waals surface area (Å²) in [6.45, 7) is 14.7. The number of fused-ring (bicyclic) bond motifs is 1. The molecule has 1 amide bonds. The largest absolute Gasteiger partial charge is 0.490 e. The number of carbonyl (C=O) groups excluding carboxylic acids is 1. The second kappa shape index (κ2) is 11.4. The molecular formula is C25H30FN3O4S2. The van der Waals surface area contributed by atoms with Crippen molar-refractivity contribution in [2.45, 2.75) is 39.3 Å². The quantitative estimate of drug-likeness (QED) is 0.212. The second-order valence-corrected chi connectivity index (χ2v) is 10.5. The zero-order valence-electron chi connectivity index (χ0n) is 20.4. The van der Waals surface area contributed by atoms with E-state index in [1.54, 1.807) is 18.1 Å². The van der Waals surface area contributed by atoms with E-state index >= 15 is 0 Å². The molecule has 7 nitrogen and oxygen atoms in total. The highest BCUT2D eigenvalue weighted by atomic mass is 32.1. The third-order valence-corrected chi connectivity index (χ3v) is 6.34. The number of aliphatic imine (C=N–C) groups is 1. The summed E-state index contributed by atoms with van der Waals surface area (Å²) >= 11 is 5.91. The van der Waals surface area contributed by atoms with Gasteiger partial charge in [0.1, 0.15) is 34.5 Å². The summed E-state index contributed by atoms with van der Waals surface area (Å²) in [7, 11) is 1.56. The lowest BCUT2D eigenvalue weighted by atomic mass is 10.0. The van der Waals surface area contributed by atoms with Crippen LogP contribution in [-0.4, -0.2) is 55.2 Å². The molecule has 2 heterocycles. The number of allylic oxidation sites excluding steroid dienone is 1. The number of hydrogen-bond acceptors (Lipinski definition) is 8. The van der Waals surface area contributed by atoms with Crippen LogP contribution < -0.4 is 4.74 Å². The van der Waals surface area contributed by atoms with Crippen LogP contribution in [-0.2, 0) is 22.4 Å². The van der Waals surface area contributed by atoms with Gasteiger partial charge in [0.05, 0.1) is 18.8 Å². The molecule has 0 unspecified atom stereocenters. The van der Waals surface area contributed by atoms with Gasteiger partial charge in [0.2, 0.25) is 0 Å². The molecule has 188 valence electrons. The molecular weight excluding hydrogens is 489 g/mol. The number of methoxy groups -OCH3 is 1. The van der Waals surface area contributed by atoms with Gasteiger partial charge in [-0.3, -0.25) is 4.99 Å². The SMILES string of the molecule is C=N/C(=C(\C(=C)S)c1ccc(F)cc1OCCOC)c1nc2c(s1)CN(C(=O)OC(C)(C)C)CC2. The molecule has 0 N–H and O–H groups in total. The number of carbonyl (C=O) groups is 1. The predicted octanol–water partition coefficient (Wildman–Crippen LogP) is 5.61. The molecule has 3 rings (SSSR count). The summed E-state index contributed by atoms with van der Waals surface area (Å²) in [5, 5.41) is 0.605. The minimum Gasteiger partial charge on any atom is -0.490 e. The topological polar surface area (TPSA) is 73.3 Å². The predicted molar refractivity (Wildman–Crippen MR) is 141 cm³/mol. The van der Waals surface area contributed by atoms with E-state index in [9.17, 15) is 9.18 Å². The van der Waals surface area contributed by atoms with Crippen LogP contribution in [0.2, 0.25) is 0 Å². The average Bonchev–Trinajstić information content (AvgIpc) is 3.19. The molecule has 10 heteroatoms. The summed E-state index contributed by atoms with van der Waals surface area (Å²) in [6.07, 6.45) is 0.235. The maximum Gasteiger partial charge on any atom is 0.410 e. The Morgan fingerprint density at radius 2 is 2.09 bits per heavy atom. The first-order chi connectivity index (χ1) is 16.5. The van der Waals surface area contributed by atoms with Crippen molar-refractivity contribution in [3.8, 4) is 5.75 Å². The third-order valence-electron chi connectivity index (χ3n) is 5.03. The molecule has 1 aromatic heterocycles. The van der Waals surface area contributed by atoms with Crippen molar-refractivity contribution in [3.63, 3.8) is 0 Å². The minimum atomic E-state index is -0.571. The Morgan fingerprint density at radius 1 is 1.34 bits per heavy atom. The number of amides is 1. The van der Waals surface area contributed by atoms with Crippen LogP contribution in [0.25, 0.3) is 11.3 Å². The smallest absolute Gasteiger partial charge is 0.410 e. The number of benzene rings is 1. The van der Waals surface area contributed by atoms with Gasteiger partial charge in [-0.1, -0.05) is 6.58 Å². The van der Waals surface area contributed by atoms with E-state index in [0.717, 1.165) is 10.6 Å².